The quantitative estimate of drug-likeness (QED) is 0.127. The topological polar surface area (TPSA) is 37.9 Å². The lowest BCUT2D eigenvalue weighted by atomic mass is 9.65. The zero-order chi connectivity index (χ0) is 39.5. The van der Waals surface area contributed by atoms with Gasteiger partial charge in [0.1, 0.15) is 11.2 Å². The highest BCUT2D eigenvalue weighted by molar-refractivity contribution is 6.14. The Morgan fingerprint density at radius 2 is 1.17 bits per heavy atom. The highest BCUT2D eigenvalue weighted by atomic mass is 16.3. The first-order valence-corrected chi connectivity index (χ1v) is 20.1. The molecule has 0 aliphatic heterocycles. The standard InChI is InChI=1S/C56H38N2O/c1-36(38-16-5-3-6-17-38)57-55(44-22-15-21-43(34-44)39-18-7-4-8-19-39)58-37(2)42-31-30-41-29-28-40-20-9-12-25-48(40)56(51(41)35-42)49-26-13-10-24-47(49)53-50(56)33-32-46-45-23-11-14-27-52(45)59-54(46)53/h3-35H,2H2,1H3. The predicted molar refractivity (Wildman–Crippen MR) is 246 cm³/mol. The predicted octanol–water partition coefficient (Wildman–Crippen LogP) is 14.0. The first kappa shape index (κ1) is 34.6. The maximum absolute atomic E-state index is 6.78. The number of furan rings is 1. The Morgan fingerprint density at radius 3 is 2.02 bits per heavy atom. The molecule has 278 valence electrons. The number of benzene rings is 8. The number of nitrogens with zero attached hydrogens (tertiary/aromatic N) is 2. The maximum Gasteiger partial charge on any atom is 0.160 e. The van der Waals surface area contributed by atoms with Crippen LogP contribution in [0.4, 0.5) is 0 Å². The molecule has 11 rings (SSSR count). The molecular weight excluding hydrogens is 717 g/mol. The molecule has 1 unspecified atom stereocenters. The molecule has 0 saturated carbocycles. The summed E-state index contributed by atoms with van der Waals surface area (Å²) in [5.41, 5.74) is 17.3. The van der Waals surface area contributed by atoms with Gasteiger partial charge in [0, 0.05) is 27.6 Å². The van der Waals surface area contributed by atoms with E-state index in [4.69, 9.17) is 14.4 Å². The molecule has 1 heterocycles. The molecule has 2 aliphatic carbocycles. The molecule has 1 spiro atoms. The van der Waals surface area contributed by atoms with E-state index in [2.05, 4.69) is 176 Å². The molecule has 2 aliphatic rings. The van der Waals surface area contributed by atoms with Crippen molar-refractivity contribution >= 4 is 51.3 Å². The van der Waals surface area contributed by atoms with E-state index < -0.39 is 5.41 Å². The van der Waals surface area contributed by atoms with Crippen LogP contribution in [0.25, 0.3) is 62.0 Å². The smallest absolute Gasteiger partial charge is 0.160 e. The molecule has 1 atom stereocenters. The summed E-state index contributed by atoms with van der Waals surface area (Å²) in [6.45, 7) is 6.69. The Hall–Kier alpha value is -7.62. The van der Waals surface area contributed by atoms with Crippen LogP contribution < -0.4 is 0 Å². The normalized spacial score (nSPS) is 15.5. The minimum atomic E-state index is -0.649. The van der Waals surface area contributed by atoms with Crippen LogP contribution in [0.2, 0.25) is 0 Å². The molecule has 0 fully saturated rings. The van der Waals surface area contributed by atoms with E-state index in [1.807, 2.05) is 37.3 Å². The molecule has 0 amide bonds. The number of amidine groups is 1. The van der Waals surface area contributed by atoms with Crippen molar-refractivity contribution in [1.29, 1.82) is 0 Å². The summed E-state index contributed by atoms with van der Waals surface area (Å²) < 4.78 is 6.78. The van der Waals surface area contributed by atoms with Crippen molar-refractivity contribution in [3.8, 4) is 22.3 Å². The van der Waals surface area contributed by atoms with Gasteiger partial charge in [0.05, 0.1) is 11.1 Å². The molecule has 59 heavy (non-hydrogen) atoms. The van der Waals surface area contributed by atoms with E-state index in [-0.39, 0.29) is 0 Å². The van der Waals surface area contributed by atoms with E-state index in [0.29, 0.717) is 11.5 Å². The summed E-state index contributed by atoms with van der Waals surface area (Å²) in [5.74, 6) is 0.605. The van der Waals surface area contributed by atoms with Crippen LogP contribution in [0, 0.1) is 0 Å². The molecule has 3 heteroatoms. The number of rotatable bonds is 5. The summed E-state index contributed by atoms with van der Waals surface area (Å²) in [6.07, 6.45) is 4.52. The van der Waals surface area contributed by atoms with Crippen molar-refractivity contribution in [2.75, 3.05) is 0 Å². The second-order valence-electron chi connectivity index (χ2n) is 15.4. The number of para-hydroxylation sites is 1. The van der Waals surface area contributed by atoms with Crippen molar-refractivity contribution in [1.82, 2.24) is 0 Å². The SMILES string of the molecule is C=C(N=C(N=C(C)c1ccccc1)c1cccc(-c2ccccc2)c1)c1ccc2c(c1)C1(c3ccccc3C=C2)c2ccccc2-c2c1ccc1c2oc2ccccc21. The fourth-order valence-corrected chi connectivity index (χ4v) is 9.35. The maximum atomic E-state index is 6.78. The van der Waals surface area contributed by atoms with Gasteiger partial charge in [-0.25, -0.2) is 9.98 Å². The van der Waals surface area contributed by atoms with Gasteiger partial charge in [0.15, 0.2) is 5.84 Å². The molecule has 9 aromatic rings. The third kappa shape index (κ3) is 5.50. The van der Waals surface area contributed by atoms with E-state index in [0.717, 1.165) is 66.6 Å². The zero-order valence-electron chi connectivity index (χ0n) is 32.6. The molecule has 3 nitrogen and oxygen atoms in total. The fourth-order valence-electron chi connectivity index (χ4n) is 9.35. The molecule has 0 saturated heterocycles. The number of hydrogen-bond acceptors (Lipinski definition) is 2. The van der Waals surface area contributed by atoms with Crippen LogP contribution in [0.1, 0.15) is 57.0 Å². The number of hydrogen-bond donors (Lipinski definition) is 0. The van der Waals surface area contributed by atoms with Gasteiger partial charge in [-0.05, 0) is 86.3 Å². The molecular formula is C56H38N2O. The lowest BCUT2D eigenvalue weighted by Crippen LogP contribution is -2.30. The summed E-state index contributed by atoms with van der Waals surface area (Å²) in [5, 5.41) is 2.25. The summed E-state index contributed by atoms with van der Waals surface area (Å²) in [7, 11) is 0. The van der Waals surface area contributed by atoms with Crippen molar-refractivity contribution < 1.29 is 4.42 Å². The molecule has 1 aromatic heterocycles. The Labute approximate surface area is 343 Å². The number of aliphatic imine (C=N–C) groups is 2. The minimum Gasteiger partial charge on any atom is -0.455 e. The summed E-state index contributed by atoms with van der Waals surface area (Å²) in [6, 6.07) is 66.5. The van der Waals surface area contributed by atoms with E-state index >= 15 is 0 Å². The second-order valence-corrected chi connectivity index (χ2v) is 15.4. The van der Waals surface area contributed by atoms with Crippen LogP contribution in [-0.2, 0) is 5.41 Å². The first-order valence-electron chi connectivity index (χ1n) is 20.1. The van der Waals surface area contributed by atoms with Gasteiger partial charge < -0.3 is 4.42 Å². The Balaban J connectivity index is 1.13. The van der Waals surface area contributed by atoms with Gasteiger partial charge in [0.2, 0.25) is 0 Å². The van der Waals surface area contributed by atoms with Crippen LogP contribution in [0.3, 0.4) is 0 Å². The largest absolute Gasteiger partial charge is 0.455 e. The van der Waals surface area contributed by atoms with Gasteiger partial charge in [-0.2, -0.15) is 0 Å². The van der Waals surface area contributed by atoms with Crippen molar-refractivity contribution in [2.24, 2.45) is 9.98 Å². The van der Waals surface area contributed by atoms with Crippen LogP contribution in [0.5, 0.6) is 0 Å². The lowest BCUT2D eigenvalue weighted by Gasteiger charge is -2.35. The van der Waals surface area contributed by atoms with Crippen LogP contribution in [0.15, 0.2) is 209 Å². The second kappa shape index (κ2) is 13.8. The molecule has 8 aromatic carbocycles. The summed E-state index contributed by atoms with van der Waals surface area (Å²) >= 11 is 0. The molecule has 0 bridgehead atoms. The third-order valence-electron chi connectivity index (χ3n) is 12.1. The van der Waals surface area contributed by atoms with Gasteiger partial charge in [-0.3, -0.25) is 0 Å². The van der Waals surface area contributed by atoms with Crippen molar-refractivity contribution in [3.63, 3.8) is 0 Å². The van der Waals surface area contributed by atoms with Gasteiger partial charge in [-0.15, -0.1) is 0 Å². The molecule has 0 N–H and O–H groups in total. The van der Waals surface area contributed by atoms with Crippen LogP contribution >= 0.6 is 0 Å². The number of fused-ring (bicyclic) bond motifs is 13. The average Bonchev–Trinajstić information content (AvgIpc) is 3.77. The fraction of sp³-hybridized carbons (Fsp3) is 0.0357. The highest BCUT2D eigenvalue weighted by Gasteiger charge is 2.49. The van der Waals surface area contributed by atoms with E-state index in [9.17, 15) is 0 Å². The van der Waals surface area contributed by atoms with Gasteiger partial charge in [-0.1, -0.05) is 189 Å². The zero-order valence-corrected chi connectivity index (χ0v) is 32.6. The minimum absolute atomic E-state index is 0.605. The first-order chi connectivity index (χ1) is 29.1. The van der Waals surface area contributed by atoms with Crippen molar-refractivity contribution in [2.45, 2.75) is 12.3 Å². The third-order valence-corrected chi connectivity index (χ3v) is 12.1. The molecule has 0 radical (unpaired) electrons. The monoisotopic (exact) mass is 754 g/mol. The Kier molecular flexibility index (Phi) is 8.09. The Morgan fingerprint density at radius 1 is 0.492 bits per heavy atom. The van der Waals surface area contributed by atoms with Crippen molar-refractivity contribution in [3.05, 3.63) is 245 Å². The Bertz CT molecular complexity index is 3240. The lowest BCUT2D eigenvalue weighted by molar-refractivity contribution is 0.669. The average molecular weight is 755 g/mol. The van der Waals surface area contributed by atoms with Gasteiger partial charge in [0.25, 0.3) is 0 Å². The van der Waals surface area contributed by atoms with Gasteiger partial charge >= 0.3 is 0 Å². The highest BCUT2D eigenvalue weighted by Crippen LogP contribution is 2.60. The van der Waals surface area contributed by atoms with Crippen LogP contribution in [-0.4, -0.2) is 11.5 Å². The van der Waals surface area contributed by atoms with E-state index in [1.54, 1.807) is 0 Å². The van der Waals surface area contributed by atoms with E-state index in [1.165, 1.54) is 33.4 Å². The summed E-state index contributed by atoms with van der Waals surface area (Å²) in [4.78, 5) is 10.5.